The number of hydrogen-bond donors (Lipinski definition) is 2. The van der Waals surface area contributed by atoms with E-state index in [2.05, 4.69) is 5.32 Å². The molecule has 1 aliphatic rings. The number of methoxy groups -OCH3 is 1. The number of hydrogen-bond acceptors (Lipinski definition) is 5. The highest BCUT2D eigenvalue weighted by Gasteiger charge is 2.33. The van der Waals surface area contributed by atoms with E-state index in [9.17, 15) is 9.90 Å². The Morgan fingerprint density at radius 2 is 1.69 bits per heavy atom. The Labute approximate surface area is 173 Å². The third-order valence-corrected chi connectivity index (χ3v) is 6.07. The summed E-state index contributed by atoms with van der Waals surface area (Å²) >= 11 is 1.43. The SMILES string of the molecule is COc1ccc([C@H]2Sc3cc(Oc4cccc(C)c4)ccc3NC(=O)[C@H]2O)cc1. The normalized spacial score (nSPS) is 18.4. The molecule has 3 aromatic rings. The molecule has 0 unspecified atom stereocenters. The second-order valence-corrected chi connectivity index (χ2v) is 8.01. The van der Waals surface area contributed by atoms with Crippen LogP contribution in [0.2, 0.25) is 0 Å². The number of anilines is 1. The highest BCUT2D eigenvalue weighted by molar-refractivity contribution is 7.99. The minimum absolute atomic E-state index is 0.426. The zero-order valence-corrected chi connectivity index (χ0v) is 16.9. The molecular formula is C23H21NO4S. The molecule has 0 aliphatic carbocycles. The predicted octanol–water partition coefficient (Wildman–Crippen LogP) is 4.94. The second-order valence-electron chi connectivity index (χ2n) is 6.82. The Bertz CT molecular complexity index is 1040. The molecule has 0 saturated carbocycles. The molecular weight excluding hydrogens is 386 g/mol. The van der Waals surface area contributed by atoms with Crippen LogP contribution >= 0.6 is 11.8 Å². The van der Waals surface area contributed by atoms with Crippen molar-refractivity contribution in [2.75, 3.05) is 12.4 Å². The maximum Gasteiger partial charge on any atom is 0.254 e. The van der Waals surface area contributed by atoms with Crippen LogP contribution in [-0.4, -0.2) is 24.2 Å². The average Bonchev–Trinajstić information content (AvgIpc) is 2.84. The van der Waals surface area contributed by atoms with Crippen LogP contribution in [0.5, 0.6) is 17.2 Å². The summed E-state index contributed by atoms with van der Waals surface area (Å²) in [5, 5.41) is 13.0. The predicted molar refractivity (Wildman–Crippen MR) is 114 cm³/mol. The van der Waals surface area contributed by atoms with Crippen LogP contribution < -0.4 is 14.8 Å². The van der Waals surface area contributed by atoms with Gasteiger partial charge < -0.3 is 19.9 Å². The van der Waals surface area contributed by atoms with E-state index in [0.29, 0.717) is 11.4 Å². The Kier molecular flexibility index (Phi) is 5.47. The molecule has 4 rings (SSSR count). The molecule has 1 heterocycles. The minimum Gasteiger partial charge on any atom is -0.497 e. The molecule has 6 heteroatoms. The van der Waals surface area contributed by atoms with Gasteiger partial charge in [0.25, 0.3) is 5.91 Å². The van der Waals surface area contributed by atoms with E-state index < -0.39 is 17.3 Å². The number of aryl methyl sites for hydroxylation is 1. The summed E-state index contributed by atoms with van der Waals surface area (Å²) in [5.74, 6) is 1.71. The third-order valence-electron chi connectivity index (χ3n) is 4.69. The number of nitrogens with one attached hydrogen (secondary N) is 1. The van der Waals surface area contributed by atoms with Crippen LogP contribution in [0.4, 0.5) is 5.69 Å². The van der Waals surface area contributed by atoms with Gasteiger partial charge in [0.2, 0.25) is 0 Å². The number of carbonyl (C=O) groups excluding carboxylic acids is 1. The summed E-state index contributed by atoms with van der Waals surface area (Å²) in [6.45, 7) is 2.01. The van der Waals surface area contributed by atoms with E-state index in [1.54, 1.807) is 13.2 Å². The molecule has 1 aliphatic heterocycles. The fraction of sp³-hybridized carbons (Fsp3) is 0.174. The van der Waals surface area contributed by atoms with Crippen molar-refractivity contribution >= 4 is 23.4 Å². The first-order valence-corrected chi connectivity index (χ1v) is 10.1. The lowest BCUT2D eigenvalue weighted by Crippen LogP contribution is -2.30. The van der Waals surface area contributed by atoms with Crippen molar-refractivity contribution in [3.05, 3.63) is 77.9 Å². The van der Waals surface area contributed by atoms with Crippen molar-refractivity contribution in [3.8, 4) is 17.2 Å². The van der Waals surface area contributed by atoms with Crippen LogP contribution in [-0.2, 0) is 4.79 Å². The lowest BCUT2D eigenvalue weighted by molar-refractivity contribution is -0.124. The number of fused-ring (bicyclic) bond motifs is 1. The molecule has 2 atom stereocenters. The van der Waals surface area contributed by atoms with E-state index in [4.69, 9.17) is 9.47 Å². The first-order valence-electron chi connectivity index (χ1n) is 9.21. The van der Waals surface area contributed by atoms with Gasteiger partial charge in [-0.25, -0.2) is 0 Å². The zero-order valence-electron chi connectivity index (χ0n) is 16.1. The topological polar surface area (TPSA) is 67.8 Å². The van der Waals surface area contributed by atoms with Crippen molar-refractivity contribution in [3.63, 3.8) is 0 Å². The molecule has 1 amide bonds. The first-order chi connectivity index (χ1) is 14.0. The summed E-state index contributed by atoms with van der Waals surface area (Å²) < 4.78 is 11.2. The number of aliphatic hydroxyl groups excluding tert-OH is 1. The van der Waals surface area contributed by atoms with Gasteiger partial charge in [-0.15, -0.1) is 11.8 Å². The van der Waals surface area contributed by atoms with Gasteiger partial charge >= 0.3 is 0 Å². The molecule has 2 N–H and O–H groups in total. The molecule has 0 saturated heterocycles. The van der Waals surface area contributed by atoms with Gasteiger partial charge in [0.15, 0.2) is 0 Å². The average molecular weight is 407 g/mol. The molecule has 0 fully saturated rings. The maximum absolute atomic E-state index is 12.5. The van der Waals surface area contributed by atoms with Crippen molar-refractivity contribution in [1.29, 1.82) is 0 Å². The summed E-state index contributed by atoms with van der Waals surface area (Å²) in [6, 6.07) is 20.7. The molecule has 0 spiro atoms. The quantitative estimate of drug-likeness (QED) is 0.641. The van der Waals surface area contributed by atoms with Gasteiger partial charge in [-0.3, -0.25) is 4.79 Å². The molecule has 0 aromatic heterocycles. The molecule has 29 heavy (non-hydrogen) atoms. The number of amides is 1. The largest absolute Gasteiger partial charge is 0.497 e. The van der Waals surface area contributed by atoms with Crippen LogP contribution in [0.25, 0.3) is 0 Å². The fourth-order valence-corrected chi connectivity index (χ4v) is 4.42. The van der Waals surface area contributed by atoms with Crippen LogP contribution in [0.1, 0.15) is 16.4 Å². The standard InChI is InChI=1S/C23H21NO4S/c1-14-4-3-5-17(12-14)28-18-10-11-19-20(13-18)29-22(21(25)23(26)24-19)15-6-8-16(27-2)9-7-15/h3-13,21-22,25H,1-2H3,(H,24,26)/t21-,22+/m0/s1. The highest BCUT2D eigenvalue weighted by Crippen LogP contribution is 2.45. The summed E-state index contributed by atoms with van der Waals surface area (Å²) in [7, 11) is 1.60. The van der Waals surface area contributed by atoms with Crippen LogP contribution in [0, 0.1) is 6.92 Å². The summed E-state index contributed by atoms with van der Waals surface area (Å²) in [6.07, 6.45) is -1.18. The van der Waals surface area contributed by atoms with Gasteiger partial charge in [-0.1, -0.05) is 24.3 Å². The first kappa shape index (κ1) is 19.4. The Hall–Kier alpha value is -2.96. The van der Waals surface area contributed by atoms with Gasteiger partial charge in [-0.05, 0) is 60.5 Å². The zero-order chi connectivity index (χ0) is 20.4. The van der Waals surface area contributed by atoms with E-state index in [0.717, 1.165) is 27.5 Å². The van der Waals surface area contributed by atoms with Crippen LogP contribution in [0.15, 0.2) is 71.6 Å². The van der Waals surface area contributed by atoms with Gasteiger partial charge in [0.1, 0.15) is 23.4 Å². The lowest BCUT2D eigenvalue weighted by Gasteiger charge is -2.19. The second kappa shape index (κ2) is 8.19. The van der Waals surface area contributed by atoms with E-state index in [-0.39, 0.29) is 0 Å². The third kappa shape index (κ3) is 4.23. The Morgan fingerprint density at radius 1 is 0.966 bits per heavy atom. The van der Waals surface area contributed by atoms with Crippen molar-refractivity contribution in [1.82, 2.24) is 0 Å². The van der Waals surface area contributed by atoms with Gasteiger partial charge in [0, 0.05) is 4.90 Å². The smallest absolute Gasteiger partial charge is 0.254 e. The summed E-state index contributed by atoms with van der Waals surface area (Å²) in [4.78, 5) is 13.3. The molecule has 0 bridgehead atoms. The summed E-state index contributed by atoms with van der Waals surface area (Å²) in [5.41, 5.74) is 2.62. The van der Waals surface area contributed by atoms with E-state index in [1.807, 2.05) is 67.6 Å². The number of aliphatic hydroxyl groups is 1. The maximum atomic E-state index is 12.5. The number of thioether (sulfide) groups is 1. The number of carbonyl (C=O) groups is 1. The van der Waals surface area contributed by atoms with Crippen molar-refractivity contribution in [2.45, 2.75) is 23.2 Å². The van der Waals surface area contributed by atoms with E-state index in [1.165, 1.54) is 11.8 Å². The van der Waals surface area contributed by atoms with Crippen molar-refractivity contribution < 1.29 is 19.4 Å². The lowest BCUT2D eigenvalue weighted by atomic mass is 10.1. The van der Waals surface area contributed by atoms with Crippen molar-refractivity contribution in [2.24, 2.45) is 0 Å². The molecule has 148 valence electrons. The Balaban J connectivity index is 1.65. The van der Waals surface area contributed by atoms with Gasteiger partial charge in [-0.2, -0.15) is 0 Å². The highest BCUT2D eigenvalue weighted by atomic mass is 32.2. The Morgan fingerprint density at radius 3 is 2.41 bits per heavy atom. The molecule has 0 radical (unpaired) electrons. The number of ether oxygens (including phenoxy) is 2. The number of benzene rings is 3. The van der Waals surface area contributed by atoms with Crippen LogP contribution in [0.3, 0.4) is 0 Å². The minimum atomic E-state index is -1.18. The van der Waals surface area contributed by atoms with E-state index >= 15 is 0 Å². The monoisotopic (exact) mass is 407 g/mol. The van der Waals surface area contributed by atoms with Gasteiger partial charge in [0.05, 0.1) is 18.0 Å². The number of rotatable bonds is 4. The molecule has 3 aromatic carbocycles. The fourth-order valence-electron chi connectivity index (χ4n) is 3.17. The molecule has 5 nitrogen and oxygen atoms in total.